The molecule has 2 N–H and O–H groups in total. The normalized spacial score (nSPS) is 23.5. The van der Waals surface area contributed by atoms with Gasteiger partial charge in [0, 0.05) is 5.54 Å². The molecule has 2 aliphatic rings. The first-order valence-electron chi connectivity index (χ1n) is 5.77. The van der Waals surface area contributed by atoms with Gasteiger partial charge in [-0.2, -0.15) is 5.20 Å². The molecule has 1 saturated heterocycles. The molecule has 0 aromatic rings. The summed E-state index contributed by atoms with van der Waals surface area (Å²) in [5.74, 6) is 0. The van der Waals surface area contributed by atoms with Crippen molar-refractivity contribution in [3.63, 3.8) is 0 Å². The van der Waals surface area contributed by atoms with Crippen LogP contribution in [0.5, 0.6) is 0 Å². The molecule has 7 heteroatoms. The minimum atomic E-state index is -1.77. The summed E-state index contributed by atoms with van der Waals surface area (Å²) in [7, 11) is -1.77. The van der Waals surface area contributed by atoms with E-state index in [1.54, 1.807) is 0 Å². The van der Waals surface area contributed by atoms with Gasteiger partial charge in [0.1, 0.15) is 8.32 Å². The summed E-state index contributed by atoms with van der Waals surface area (Å²) in [5, 5.41) is 15.0. The van der Waals surface area contributed by atoms with Gasteiger partial charge in [0.15, 0.2) is 0 Å². The smallest absolute Gasteiger partial charge is 1.00 e. The van der Waals surface area contributed by atoms with Gasteiger partial charge >= 0.3 is 21.7 Å². The quantitative estimate of drug-likeness (QED) is 0.394. The van der Waals surface area contributed by atoms with Crippen molar-refractivity contribution in [3.8, 4) is 0 Å². The third-order valence-corrected chi connectivity index (χ3v) is 6.31. The summed E-state index contributed by atoms with van der Waals surface area (Å²) in [6.07, 6.45) is 4.30. The molecule has 0 spiro atoms. The van der Waals surface area contributed by atoms with E-state index in [9.17, 15) is 0 Å². The second-order valence-electron chi connectivity index (χ2n) is 5.56. The van der Waals surface area contributed by atoms with E-state index in [0.29, 0.717) is 6.61 Å². The average Bonchev–Trinajstić information content (AvgIpc) is 2.53. The largest absolute Gasteiger partial charge is 3.00 e. The van der Waals surface area contributed by atoms with Crippen molar-refractivity contribution < 1.29 is 56.1 Å². The third-order valence-electron chi connectivity index (χ3n) is 2.89. The molecular weight excluding hydrogens is 337 g/mol. The number of halogens is 2. The van der Waals surface area contributed by atoms with Gasteiger partial charge in [0.05, 0.1) is 13.2 Å². The molecule has 1 aliphatic carbocycles. The summed E-state index contributed by atoms with van der Waals surface area (Å²) in [6, 6.07) is 0. The van der Waals surface area contributed by atoms with Gasteiger partial charge in [0.25, 0.3) is 0 Å². The topological polar surface area (TPSA) is 41.5 Å². The number of rotatable bonds is 4. The Morgan fingerprint density at radius 1 is 1.37 bits per heavy atom. The maximum atomic E-state index is 8.81. The molecule has 3 nitrogen and oxygen atoms in total. The van der Waals surface area contributed by atoms with E-state index in [-0.39, 0.29) is 58.7 Å². The molecule has 1 aliphatic heterocycles. The molecule has 1 heterocycles. The second kappa shape index (κ2) is 7.64. The Balaban J connectivity index is 0. The van der Waals surface area contributed by atoms with E-state index in [2.05, 4.69) is 38.7 Å². The zero-order chi connectivity index (χ0) is 12.0. The molecule has 1 radical (unpaired) electrons. The molecule has 0 bridgehead atoms. The summed E-state index contributed by atoms with van der Waals surface area (Å²) >= 11 is 0. The fourth-order valence-corrected chi connectivity index (χ4v) is 5.70. The molecule has 2 rings (SSSR count). The van der Waals surface area contributed by atoms with Crippen molar-refractivity contribution in [1.82, 2.24) is 5.32 Å². The zero-order valence-electron chi connectivity index (χ0n) is 11.7. The van der Waals surface area contributed by atoms with Gasteiger partial charge in [-0.3, -0.25) is 6.08 Å². The summed E-state index contributed by atoms with van der Waals surface area (Å²) in [4.78, 5) is 0. The minimum Gasteiger partial charge on any atom is -1.00 e. The van der Waals surface area contributed by atoms with Crippen molar-refractivity contribution in [1.29, 1.82) is 0 Å². The Kier molecular flexibility index (Phi) is 8.85. The van der Waals surface area contributed by atoms with Crippen LogP contribution in [-0.2, 0) is 26.1 Å². The Morgan fingerprint density at radius 2 is 1.95 bits per heavy atom. The summed E-state index contributed by atoms with van der Waals surface area (Å²) < 4.78 is 5.79. The van der Waals surface area contributed by atoms with Crippen molar-refractivity contribution in [2.24, 2.45) is 0 Å². The molecule has 0 aromatic carbocycles. The Labute approximate surface area is 144 Å². The number of fused-ring (bicyclic) bond motifs is 1. The predicted molar refractivity (Wildman–Crippen MR) is 65.9 cm³/mol. The molecule has 0 amide bonds. The van der Waals surface area contributed by atoms with Crippen molar-refractivity contribution in [2.75, 3.05) is 13.2 Å². The second-order valence-corrected chi connectivity index (χ2v) is 8.92. The monoisotopic (exact) mass is 356 g/mol. The van der Waals surface area contributed by atoms with E-state index in [4.69, 9.17) is 9.53 Å². The first-order valence-corrected chi connectivity index (χ1v) is 8.17. The minimum absolute atomic E-state index is 0. The van der Waals surface area contributed by atoms with E-state index in [1.165, 1.54) is 16.1 Å². The van der Waals surface area contributed by atoms with Gasteiger partial charge in [-0.15, -0.1) is 0 Å². The van der Waals surface area contributed by atoms with Gasteiger partial charge in [-0.05, 0) is 20.8 Å². The number of aliphatic hydroxyl groups is 1. The molecule has 19 heavy (non-hydrogen) atoms. The number of nitrogens with one attached hydrogen (secondary N) is 1. The van der Waals surface area contributed by atoms with E-state index in [1.807, 2.05) is 0 Å². The first-order chi connectivity index (χ1) is 7.38. The van der Waals surface area contributed by atoms with Crippen LogP contribution >= 0.6 is 0 Å². The molecular formula is C12H20Cl2NO2SiTi. The fraction of sp³-hybridized carbons (Fsp3) is 0.667. The Morgan fingerprint density at radius 3 is 2.42 bits per heavy atom. The maximum Gasteiger partial charge on any atom is 3.00 e. The van der Waals surface area contributed by atoms with E-state index in [0.717, 1.165) is 6.42 Å². The van der Waals surface area contributed by atoms with E-state index >= 15 is 0 Å². The van der Waals surface area contributed by atoms with Crippen LogP contribution in [0.25, 0.3) is 0 Å². The number of hydrogen-bond donors (Lipinski definition) is 2. The molecule has 1 atom stereocenters. The van der Waals surface area contributed by atoms with Crippen molar-refractivity contribution in [3.05, 3.63) is 22.2 Å². The molecule has 0 saturated carbocycles. The SMILES string of the molecule is CC(C)(C)NC1=C2C(=[C-]C1)[Si]2(C)OCCO.[Cl-].[Cl-].[Ti+3]. The maximum absolute atomic E-state index is 8.81. The molecule has 1 unspecified atom stereocenters. The van der Waals surface area contributed by atoms with Crippen LogP contribution in [0.4, 0.5) is 0 Å². The number of allylic oxidation sites excluding steroid dienone is 3. The number of aliphatic hydroxyl groups excluding tert-OH is 1. The van der Waals surface area contributed by atoms with Gasteiger partial charge in [0.2, 0.25) is 0 Å². The van der Waals surface area contributed by atoms with Gasteiger partial charge < -0.3 is 39.7 Å². The van der Waals surface area contributed by atoms with Crippen molar-refractivity contribution in [2.45, 2.75) is 39.3 Å². The van der Waals surface area contributed by atoms with E-state index < -0.39 is 8.32 Å². The predicted octanol–water partition coefficient (Wildman–Crippen LogP) is -4.56. The fourth-order valence-electron chi connectivity index (χ4n) is 2.27. The zero-order valence-corrected chi connectivity index (χ0v) is 15.8. The van der Waals surface area contributed by atoms with Crippen LogP contribution in [0.2, 0.25) is 6.55 Å². The molecule has 1 fully saturated rings. The average molecular weight is 357 g/mol. The number of hydrogen-bond acceptors (Lipinski definition) is 3. The standard InChI is InChI=1S/C12H20NO2Si.2ClH.Ti/c1-12(2,3)13-9-5-6-10-11(9)16(10,4)15-8-7-14;;;/h13-14H,5,7-8H2,1-4H3;2*1H;/q-1;;;+3/p-2. The Hall–Kier alpha value is 0.711. The van der Waals surface area contributed by atoms with Crippen LogP contribution in [0.1, 0.15) is 27.2 Å². The van der Waals surface area contributed by atoms with Crippen molar-refractivity contribution >= 4 is 8.32 Å². The third kappa shape index (κ3) is 4.60. The van der Waals surface area contributed by atoms with Crippen LogP contribution in [0.3, 0.4) is 0 Å². The first kappa shape index (κ1) is 22.0. The van der Waals surface area contributed by atoms with Gasteiger partial charge in [-0.25, -0.2) is 5.20 Å². The van der Waals surface area contributed by atoms with Gasteiger partial charge in [-0.1, -0.05) is 18.7 Å². The summed E-state index contributed by atoms with van der Waals surface area (Å²) in [6.45, 7) is 9.21. The van der Waals surface area contributed by atoms with Crippen LogP contribution in [0.15, 0.2) is 16.1 Å². The molecule has 0 aromatic heterocycles. The van der Waals surface area contributed by atoms with Crippen LogP contribution in [-0.4, -0.2) is 32.2 Å². The van der Waals surface area contributed by atoms with Crippen LogP contribution < -0.4 is 30.1 Å². The van der Waals surface area contributed by atoms with Crippen LogP contribution in [0, 0.1) is 6.08 Å². The Bertz CT molecular complexity index is 382. The molecule has 107 valence electrons. The summed E-state index contributed by atoms with van der Waals surface area (Å²) in [5.41, 5.74) is 1.38.